The molecule has 0 atom stereocenters. The molecule has 3 nitrogen and oxygen atoms in total. The van der Waals surface area contributed by atoms with E-state index in [1.165, 1.54) is 4.90 Å². The number of hydrogen-bond acceptors (Lipinski definition) is 2. The molecule has 0 bridgehead atoms. The van der Waals surface area contributed by atoms with Crippen LogP contribution in [0.15, 0.2) is 16.6 Å². The van der Waals surface area contributed by atoms with Crippen molar-refractivity contribution in [1.29, 1.82) is 0 Å². The number of halogens is 1. The maximum atomic E-state index is 11.5. The molecule has 0 unspecified atom stereocenters. The van der Waals surface area contributed by atoms with Crippen LogP contribution in [0.1, 0.15) is 15.9 Å². The van der Waals surface area contributed by atoms with E-state index in [9.17, 15) is 9.59 Å². The average molecular weight is 254 g/mol. The van der Waals surface area contributed by atoms with Gasteiger partial charge in [-0.3, -0.25) is 9.59 Å². The van der Waals surface area contributed by atoms with Gasteiger partial charge in [0.05, 0.1) is 11.3 Å². The van der Waals surface area contributed by atoms with Gasteiger partial charge in [-0.15, -0.1) is 0 Å². The van der Waals surface area contributed by atoms with Crippen LogP contribution in [0, 0.1) is 6.92 Å². The van der Waals surface area contributed by atoms with Crippen LogP contribution >= 0.6 is 15.9 Å². The Balaban J connectivity index is 2.75. The van der Waals surface area contributed by atoms with Gasteiger partial charge in [-0.25, -0.2) is 0 Å². The minimum atomic E-state index is -0.466. The molecule has 1 aliphatic heterocycles. The first-order chi connectivity index (χ1) is 6.52. The molecular weight excluding hydrogens is 246 g/mol. The van der Waals surface area contributed by atoms with E-state index in [4.69, 9.17) is 0 Å². The molecule has 2 rings (SSSR count). The summed E-state index contributed by atoms with van der Waals surface area (Å²) >= 11 is 3.35. The molecule has 14 heavy (non-hydrogen) atoms. The van der Waals surface area contributed by atoms with Crippen molar-refractivity contribution in [2.24, 2.45) is 0 Å². The predicted octanol–water partition coefficient (Wildman–Crippen LogP) is 1.92. The van der Waals surface area contributed by atoms with Crippen molar-refractivity contribution in [2.45, 2.75) is 6.92 Å². The fourth-order valence-electron chi connectivity index (χ4n) is 1.62. The number of amides is 1. The van der Waals surface area contributed by atoms with Crippen molar-refractivity contribution < 1.29 is 9.59 Å². The van der Waals surface area contributed by atoms with Gasteiger partial charge in [-0.05, 0) is 40.5 Å². The van der Waals surface area contributed by atoms with Crippen LogP contribution in [-0.2, 0) is 4.79 Å². The van der Waals surface area contributed by atoms with Crippen molar-refractivity contribution in [3.63, 3.8) is 0 Å². The van der Waals surface area contributed by atoms with Gasteiger partial charge in [0.2, 0.25) is 0 Å². The highest BCUT2D eigenvalue weighted by atomic mass is 79.9. The summed E-state index contributed by atoms with van der Waals surface area (Å²) in [6.45, 7) is 1.89. The number of Topliss-reactive ketones (excluding diaryl/α,β-unsaturated/α-hetero) is 1. The highest BCUT2D eigenvalue weighted by Gasteiger charge is 2.34. The number of aryl methyl sites for hydroxylation is 1. The number of hydrogen-bond donors (Lipinski definition) is 0. The third-order valence-corrected chi connectivity index (χ3v) is 2.89. The summed E-state index contributed by atoms with van der Waals surface area (Å²) in [6.07, 6.45) is 0. The molecule has 0 aliphatic carbocycles. The Bertz CT molecular complexity index is 454. The molecule has 4 heteroatoms. The first-order valence-electron chi connectivity index (χ1n) is 4.15. The smallest absolute Gasteiger partial charge is 0.299 e. The van der Waals surface area contributed by atoms with E-state index in [1.807, 2.05) is 13.0 Å². The van der Waals surface area contributed by atoms with Gasteiger partial charge in [0.15, 0.2) is 0 Å². The quantitative estimate of drug-likeness (QED) is 0.663. The van der Waals surface area contributed by atoms with Gasteiger partial charge in [0.1, 0.15) is 0 Å². The van der Waals surface area contributed by atoms with Gasteiger partial charge < -0.3 is 4.90 Å². The van der Waals surface area contributed by atoms with Gasteiger partial charge in [0.25, 0.3) is 11.7 Å². The Morgan fingerprint density at radius 3 is 2.57 bits per heavy atom. The van der Waals surface area contributed by atoms with Crippen LogP contribution in [0.3, 0.4) is 0 Å². The minimum absolute atomic E-state index is 0.424. The summed E-state index contributed by atoms with van der Waals surface area (Å²) in [5, 5.41) is 0. The number of rotatable bonds is 0. The standard InChI is InChI=1S/C10H8BrNO2/c1-5-3-6-8(7(11)4-5)12(2)10(14)9(6)13/h3-4H,1-2H3. The van der Waals surface area contributed by atoms with E-state index in [2.05, 4.69) is 15.9 Å². The summed E-state index contributed by atoms with van der Waals surface area (Å²) in [6, 6.07) is 3.63. The van der Waals surface area contributed by atoms with E-state index in [1.54, 1.807) is 13.1 Å². The second-order valence-electron chi connectivity index (χ2n) is 3.34. The normalized spacial score (nSPS) is 14.9. The van der Waals surface area contributed by atoms with Crippen LogP contribution < -0.4 is 4.90 Å². The Hall–Kier alpha value is -1.16. The number of likely N-dealkylation sites (N-methyl/N-ethyl adjacent to an activating group) is 1. The summed E-state index contributed by atoms with van der Waals surface area (Å²) in [4.78, 5) is 24.3. The number of ketones is 1. The molecule has 1 amide bonds. The van der Waals surface area contributed by atoms with Gasteiger partial charge >= 0.3 is 0 Å². The van der Waals surface area contributed by atoms with Crippen LogP contribution in [0.5, 0.6) is 0 Å². The lowest BCUT2D eigenvalue weighted by Gasteiger charge is -2.10. The molecule has 0 spiro atoms. The topological polar surface area (TPSA) is 37.4 Å². The van der Waals surface area contributed by atoms with Crippen molar-refractivity contribution in [2.75, 3.05) is 11.9 Å². The number of nitrogens with zero attached hydrogens (tertiary/aromatic N) is 1. The van der Waals surface area contributed by atoms with E-state index in [0.717, 1.165) is 10.0 Å². The predicted molar refractivity (Wildman–Crippen MR) is 56.6 cm³/mol. The molecule has 0 aromatic heterocycles. The zero-order valence-electron chi connectivity index (χ0n) is 7.80. The number of fused-ring (bicyclic) bond motifs is 1. The van der Waals surface area contributed by atoms with Gasteiger partial charge in [0, 0.05) is 11.5 Å². The summed E-state index contributed by atoms with van der Waals surface area (Å²) < 4.78 is 0.786. The second-order valence-corrected chi connectivity index (χ2v) is 4.19. The molecule has 1 aromatic carbocycles. The molecule has 72 valence electrons. The van der Waals surface area contributed by atoms with Crippen molar-refractivity contribution in [3.05, 3.63) is 27.7 Å². The highest BCUT2D eigenvalue weighted by molar-refractivity contribution is 9.10. The largest absolute Gasteiger partial charge is 0.307 e. The van der Waals surface area contributed by atoms with Crippen LogP contribution in [0.2, 0.25) is 0 Å². The average Bonchev–Trinajstić information content (AvgIpc) is 2.31. The van der Waals surface area contributed by atoms with Gasteiger partial charge in [-0.1, -0.05) is 0 Å². The maximum absolute atomic E-state index is 11.5. The van der Waals surface area contributed by atoms with Crippen LogP contribution in [0.4, 0.5) is 5.69 Å². The number of benzene rings is 1. The summed E-state index contributed by atoms with van der Waals surface area (Å²) in [7, 11) is 1.60. The molecule has 1 aliphatic rings. The Morgan fingerprint density at radius 1 is 1.29 bits per heavy atom. The van der Waals surface area contributed by atoms with E-state index < -0.39 is 11.7 Å². The summed E-state index contributed by atoms with van der Waals surface area (Å²) in [5.74, 6) is -0.891. The third kappa shape index (κ3) is 1.10. The Morgan fingerprint density at radius 2 is 1.93 bits per heavy atom. The van der Waals surface area contributed by atoms with E-state index >= 15 is 0 Å². The Kier molecular flexibility index (Phi) is 1.96. The second kappa shape index (κ2) is 2.92. The lowest BCUT2D eigenvalue weighted by Crippen LogP contribution is -2.24. The Labute approximate surface area is 89.8 Å². The first-order valence-corrected chi connectivity index (χ1v) is 4.94. The molecule has 0 fully saturated rings. The molecule has 0 saturated heterocycles. The fraction of sp³-hybridized carbons (Fsp3) is 0.200. The van der Waals surface area contributed by atoms with E-state index in [0.29, 0.717) is 11.3 Å². The van der Waals surface area contributed by atoms with E-state index in [-0.39, 0.29) is 0 Å². The molecule has 1 aromatic rings. The van der Waals surface area contributed by atoms with Crippen molar-refractivity contribution in [1.82, 2.24) is 0 Å². The minimum Gasteiger partial charge on any atom is -0.307 e. The highest BCUT2D eigenvalue weighted by Crippen LogP contribution is 2.35. The zero-order valence-corrected chi connectivity index (χ0v) is 9.38. The fourth-order valence-corrected chi connectivity index (χ4v) is 2.46. The lowest BCUT2D eigenvalue weighted by molar-refractivity contribution is -0.114. The molecule has 1 heterocycles. The van der Waals surface area contributed by atoms with Crippen molar-refractivity contribution >= 4 is 33.3 Å². The lowest BCUT2D eigenvalue weighted by atomic mass is 10.1. The summed E-state index contributed by atoms with van der Waals surface area (Å²) in [5.41, 5.74) is 2.13. The monoisotopic (exact) mass is 253 g/mol. The third-order valence-electron chi connectivity index (χ3n) is 2.29. The first kappa shape index (κ1) is 9.40. The van der Waals surface area contributed by atoms with Crippen LogP contribution in [-0.4, -0.2) is 18.7 Å². The molecular formula is C10H8BrNO2. The van der Waals surface area contributed by atoms with Gasteiger partial charge in [-0.2, -0.15) is 0 Å². The number of carbonyl (C=O) groups excluding carboxylic acids is 2. The molecule has 0 saturated carbocycles. The maximum Gasteiger partial charge on any atom is 0.299 e. The molecule has 0 N–H and O–H groups in total. The van der Waals surface area contributed by atoms with Crippen molar-refractivity contribution in [3.8, 4) is 0 Å². The SMILES string of the molecule is Cc1cc(Br)c2c(c1)C(=O)C(=O)N2C. The van der Waals surface area contributed by atoms with Crippen LogP contribution in [0.25, 0.3) is 0 Å². The molecule has 0 radical (unpaired) electrons. The number of anilines is 1. The number of carbonyl (C=O) groups is 2. The zero-order chi connectivity index (χ0) is 10.5.